The van der Waals surface area contributed by atoms with Crippen LogP contribution in [-0.2, 0) is 9.53 Å². The first kappa shape index (κ1) is 7.07. The molecule has 10 heavy (non-hydrogen) atoms. The third-order valence-corrected chi connectivity index (χ3v) is 1.48. The molecule has 0 amide bonds. The van der Waals surface area contributed by atoms with E-state index >= 15 is 0 Å². The van der Waals surface area contributed by atoms with E-state index in [1.807, 2.05) is 0 Å². The van der Waals surface area contributed by atoms with Crippen molar-refractivity contribution in [1.82, 2.24) is 0 Å². The van der Waals surface area contributed by atoms with Crippen molar-refractivity contribution in [1.29, 1.82) is 0 Å². The highest BCUT2D eigenvalue weighted by Gasteiger charge is 2.33. The zero-order chi connectivity index (χ0) is 7.56. The van der Waals surface area contributed by atoms with E-state index in [1.54, 1.807) is 0 Å². The van der Waals surface area contributed by atoms with Crippen molar-refractivity contribution in [3.8, 4) is 12.3 Å². The Balaban J connectivity index is 2.59. The zero-order valence-electron chi connectivity index (χ0n) is 5.34. The lowest BCUT2D eigenvalue weighted by molar-refractivity contribution is -0.142. The third-order valence-electron chi connectivity index (χ3n) is 1.48. The van der Waals surface area contributed by atoms with Crippen LogP contribution >= 0.6 is 0 Å². The predicted octanol–water partition coefficient (Wildman–Crippen LogP) is 0.521. The molecule has 2 nitrogen and oxygen atoms in total. The molecule has 2 unspecified atom stereocenters. The largest absolute Gasteiger partial charge is 0.458 e. The first-order valence-corrected chi connectivity index (χ1v) is 2.99. The Labute approximate surface area is 58.4 Å². The summed E-state index contributed by atoms with van der Waals surface area (Å²) in [4.78, 5) is 10.5. The molecule has 0 saturated carbocycles. The number of cyclic esters (lactones) is 1. The Morgan fingerprint density at radius 3 is 3.00 bits per heavy atom. The minimum absolute atomic E-state index is 0.158. The number of terminal acetylenes is 1. The Morgan fingerprint density at radius 1 is 1.90 bits per heavy atom. The van der Waals surface area contributed by atoms with Crippen LogP contribution in [0.15, 0.2) is 0 Å². The molecule has 0 aliphatic carbocycles. The normalized spacial score (nSPS) is 31.4. The highest BCUT2D eigenvalue weighted by Crippen LogP contribution is 2.21. The van der Waals surface area contributed by atoms with Crippen LogP contribution in [0.1, 0.15) is 6.42 Å². The maximum atomic E-state index is 11.9. The number of carbonyl (C=O) groups excluding carboxylic acids is 1. The molecule has 1 heterocycles. The van der Waals surface area contributed by atoms with Crippen molar-refractivity contribution < 1.29 is 13.9 Å². The number of alkyl halides is 1. The lowest BCUT2D eigenvalue weighted by Crippen LogP contribution is -2.16. The summed E-state index contributed by atoms with van der Waals surface area (Å²) in [6.07, 6.45) is 4.47. The van der Waals surface area contributed by atoms with E-state index in [4.69, 9.17) is 6.42 Å². The minimum atomic E-state index is -0.697. The zero-order valence-corrected chi connectivity index (χ0v) is 5.34. The maximum absolute atomic E-state index is 11.9. The van der Waals surface area contributed by atoms with Crippen molar-refractivity contribution in [2.24, 2.45) is 5.92 Å². The van der Waals surface area contributed by atoms with E-state index in [2.05, 4.69) is 10.7 Å². The first-order valence-electron chi connectivity index (χ1n) is 2.99. The van der Waals surface area contributed by atoms with Crippen LogP contribution in [0.5, 0.6) is 0 Å². The van der Waals surface area contributed by atoms with Crippen molar-refractivity contribution in [2.45, 2.75) is 12.5 Å². The fraction of sp³-hybridized carbons (Fsp3) is 0.571. The highest BCUT2D eigenvalue weighted by molar-refractivity contribution is 5.72. The summed E-state index contributed by atoms with van der Waals surface area (Å²) >= 11 is 0. The Morgan fingerprint density at radius 2 is 2.60 bits per heavy atom. The maximum Gasteiger partial charge on any atom is 0.307 e. The summed E-state index contributed by atoms with van der Waals surface area (Å²) in [6.45, 7) is -0.680. The monoisotopic (exact) mass is 142 g/mol. The van der Waals surface area contributed by atoms with Crippen LogP contribution in [0.25, 0.3) is 0 Å². The van der Waals surface area contributed by atoms with Gasteiger partial charge in [-0.3, -0.25) is 4.79 Å². The van der Waals surface area contributed by atoms with Gasteiger partial charge in [0.05, 0.1) is 12.3 Å². The number of halogens is 1. The van der Waals surface area contributed by atoms with Crippen LogP contribution in [0.4, 0.5) is 4.39 Å². The molecule has 0 aromatic carbocycles. The van der Waals surface area contributed by atoms with Crippen molar-refractivity contribution >= 4 is 5.97 Å². The first-order chi connectivity index (χ1) is 4.77. The Kier molecular flexibility index (Phi) is 1.91. The van der Waals surface area contributed by atoms with Crippen LogP contribution in [0, 0.1) is 18.3 Å². The van der Waals surface area contributed by atoms with E-state index in [1.165, 1.54) is 0 Å². The minimum Gasteiger partial charge on any atom is -0.458 e. The fourth-order valence-corrected chi connectivity index (χ4v) is 0.915. The lowest BCUT2D eigenvalue weighted by Gasteiger charge is -2.06. The van der Waals surface area contributed by atoms with Gasteiger partial charge in [0.1, 0.15) is 12.8 Å². The SMILES string of the molecule is C#CC1CC(=O)OC1CF. The van der Waals surface area contributed by atoms with Gasteiger partial charge in [-0.15, -0.1) is 6.42 Å². The van der Waals surface area contributed by atoms with Gasteiger partial charge in [0.2, 0.25) is 0 Å². The van der Waals surface area contributed by atoms with Gasteiger partial charge in [-0.1, -0.05) is 5.92 Å². The summed E-state index contributed by atoms with van der Waals surface area (Å²) in [5.41, 5.74) is 0. The number of rotatable bonds is 1. The summed E-state index contributed by atoms with van der Waals surface area (Å²) < 4.78 is 16.5. The number of hydrogen-bond acceptors (Lipinski definition) is 2. The number of esters is 1. The van der Waals surface area contributed by atoms with E-state index < -0.39 is 18.7 Å². The second-order valence-corrected chi connectivity index (χ2v) is 2.16. The molecule has 54 valence electrons. The van der Waals surface area contributed by atoms with Gasteiger partial charge in [-0.2, -0.15) is 0 Å². The number of ether oxygens (including phenoxy) is 1. The lowest BCUT2D eigenvalue weighted by atomic mass is 10.0. The van der Waals surface area contributed by atoms with Crippen LogP contribution in [0.3, 0.4) is 0 Å². The molecule has 0 bridgehead atoms. The molecule has 0 radical (unpaired) electrons. The van der Waals surface area contributed by atoms with E-state index in [9.17, 15) is 9.18 Å². The van der Waals surface area contributed by atoms with Crippen LogP contribution in [-0.4, -0.2) is 18.7 Å². The van der Waals surface area contributed by atoms with Crippen molar-refractivity contribution in [3.05, 3.63) is 0 Å². The van der Waals surface area contributed by atoms with Gasteiger partial charge in [-0.25, -0.2) is 4.39 Å². The van der Waals surface area contributed by atoms with E-state index in [-0.39, 0.29) is 12.3 Å². The summed E-state index contributed by atoms with van der Waals surface area (Å²) in [5.74, 6) is 1.55. The third kappa shape index (κ3) is 1.10. The number of carbonyl (C=O) groups is 1. The van der Waals surface area contributed by atoms with Gasteiger partial charge in [0.15, 0.2) is 0 Å². The molecule has 1 saturated heterocycles. The molecule has 1 rings (SSSR count). The molecular weight excluding hydrogens is 135 g/mol. The van der Waals surface area contributed by atoms with Gasteiger partial charge in [0.25, 0.3) is 0 Å². The summed E-state index contributed by atoms with van der Waals surface area (Å²) in [6, 6.07) is 0. The molecule has 1 aliphatic heterocycles. The fourth-order valence-electron chi connectivity index (χ4n) is 0.915. The van der Waals surface area contributed by atoms with Gasteiger partial charge < -0.3 is 4.74 Å². The van der Waals surface area contributed by atoms with Crippen molar-refractivity contribution in [3.63, 3.8) is 0 Å². The van der Waals surface area contributed by atoms with Crippen LogP contribution < -0.4 is 0 Å². The highest BCUT2D eigenvalue weighted by atomic mass is 19.1. The molecule has 1 aliphatic rings. The Hall–Kier alpha value is -1.04. The Bertz CT molecular complexity index is 183. The summed E-state index contributed by atoms with van der Waals surface area (Å²) in [5, 5.41) is 0. The smallest absolute Gasteiger partial charge is 0.307 e. The molecule has 3 heteroatoms. The molecular formula is C7H7FO2. The average molecular weight is 142 g/mol. The quantitative estimate of drug-likeness (QED) is 0.394. The molecule has 0 spiro atoms. The summed E-state index contributed by atoms with van der Waals surface area (Å²) in [7, 11) is 0. The topological polar surface area (TPSA) is 26.3 Å². The average Bonchev–Trinajstić information content (AvgIpc) is 2.30. The molecule has 0 aromatic heterocycles. The van der Waals surface area contributed by atoms with E-state index in [0.29, 0.717) is 0 Å². The predicted molar refractivity (Wildman–Crippen MR) is 32.8 cm³/mol. The molecule has 2 atom stereocenters. The van der Waals surface area contributed by atoms with Gasteiger partial charge in [-0.05, 0) is 0 Å². The van der Waals surface area contributed by atoms with Crippen molar-refractivity contribution in [2.75, 3.05) is 6.67 Å². The second-order valence-electron chi connectivity index (χ2n) is 2.16. The van der Waals surface area contributed by atoms with E-state index in [0.717, 1.165) is 0 Å². The molecule has 0 aromatic rings. The van der Waals surface area contributed by atoms with Gasteiger partial charge >= 0.3 is 5.97 Å². The van der Waals surface area contributed by atoms with Gasteiger partial charge in [0, 0.05) is 0 Å². The second kappa shape index (κ2) is 2.70. The standard InChI is InChI=1S/C7H7FO2/c1-2-5-3-7(9)10-6(5)4-8/h1,5-6H,3-4H2. The van der Waals surface area contributed by atoms with Crippen LogP contribution in [0.2, 0.25) is 0 Å². The molecule has 0 N–H and O–H groups in total. The number of hydrogen-bond donors (Lipinski definition) is 0. The molecule has 1 fully saturated rings.